The van der Waals surface area contributed by atoms with Crippen molar-refractivity contribution in [3.05, 3.63) is 66.2 Å². The van der Waals surface area contributed by atoms with Crippen LogP contribution in [0.5, 0.6) is 5.75 Å². The molecule has 4 aromatic rings. The number of nitrogens with one attached hydrogen (secondary N) is 2. The number of aliphatic hydroxyl groups is 1. The molecular formula is C24H26FN3O2. The normalized spacial score (nSPS) is 17.0. The quantitative estimate of drug-likeness (QED) is 0.444. The molecule has 2 aromatic carbocycles. The standard InChI is InChI=1S/C24H26FN3O2/c25-17-4-5-19-21(13-27-23(19)12-17)16-7-10-28(11-8-16)14-18(29)15-30-24-3-1-2-22-20(24)6-9-26-22/h1-6,9,12-13,16,18,26-27,29H,7-8,10-11,14-15H2/t18-/m0/s1. The zero-order valence-corrected chi connectivity index (χ0v) is 16.8. The first-order valence-electron chi connectivity index (χ1n) is 10.5. The van der Waals surface area contributed by atoms with E-state index in [1.165, 1.54) is 11.6 Å². The summed E-state index contributed by atoms with van der Waals surface area (Å²) in [7, 11) is 0. The second-order valence-corrected chi connectivity index (χ2v) is 8.17. The zero-order valence-electron chi connectivity index (χ0n) is 16.8. The number of hydrogen-bond donors (Lipinski definition) is 3. The zero-order chi connectivity index (χ0) is 20.5. The fraction of sp³-hybridized carbons (Fsp3) is 0.333. The highest BCUT2D eigenvalue weighted by Crippen LogP contribution is 2.33. The summed E-state index contributed by atoms with van der Waals surface area (Å²) >= 11 is 0. The molecule has 1 aliphatic rings. The van der Waals surface area contributed by atoms with Gasteiger partial charge in [-0.15, -0.1) is 0 Å². The van der Waals surface area contributed by atoms with Crippen LogP contribution in [-0.2, 0) is 0 Å². The van der Waals surface area contributed by atoms with E-state index in [9.17, 15) is 9.50 Å². The molecule has 0 amide bonds. The molecule has 1 saturated heterocycles. The number of fused-ring (bicyclic) bond motifs is 2. The minimum Gasteiger partial charge on any atom is -0.490 e. The average molecular weight is 407 g/mol. The van der Waals surface area contributed by atoms with Crippen molar-refractivity contribution in [2.45, 2.75) is 24.9 Å². The molecule has 3 heterocycles. The van der Waals surface area contributed by atoms with Gasteiger partial charge in [-0.2, -0.15) is 0 Å². The van der Waals surface area contributed by atoms with E-state index in [0.717, 1.165) is 53.5 Å². The summed E-state index contributed by atoms with van der Waals surface area (Å²) in [6.45, 7) is 2.75. The van der Waals surface area contributed by atoms with Crippen LogP contribution in [0.1, 0.15) is 24.3 Å². The molecule has 156 valence electrons. The van der Waals surface area contributed by atoms with E-state index in [1.807, 2.05) is 42.7 Å². The predicted octanol–water partition coefficient (Wildman–Crippen LogP) is 4.41. The Morgan fingerprint density at radius 3 is 2.80 bits per heavy atom. The lowest BCUT2D eigenvalue weighted by molar-refractivity contribution is 0.0599. The number of benzene rings is 2. The SMILES string of the molecule is O[C@H](COc1cccc2[nH]ccc12)CN1CCC(c2c[nH]c3cc(F)ccc23)CC1. The maximum Gasteiger partial charge on any atom is 0.128 e. The number of piperidine rings is 1. The number of nitrogens with zero attached hydrogens (tertiary/aromatic N) is 1. The van der Waals surface area contributed by atoms with Crippen LogP contribution in [0.2, 0.25) is 0 Å². The number of aliphatic hydroxyl groups excluding tert-OH is 1. The highest BCUT2D eigenvalue weighted by atomic mass is 19.1. The fourth-order valence-electron chi connectivity index (χ4n) is 4.60. The van der Waals surface area contributed by atoms with E-state index in [1.54, 1.807) is 6.07 Å². The maximum atomic E-state index is 13.4. The van der Waals surface area contributed by atoms with Crippen molar-refractivity contribution in [3.63, 3.8) is 0 Å². The molecular weight excluding hydrogens is 381 g/mol. The van der Waals surface area contributed by atoms with Gasteiger partial charge in [-0.3, -0.25) is 0 Å². The molecule has 2 aromatic heterocycles. The van der Waals surface area contributed by atoms with Crippen LogP contribution in [0.25, 0.3) is 21.8 Å². The van der Waals surface area contributed by atoms with Gasteiger partial charge in [-0.1, -0.05) is 6.07 Å². The van der Waals surface area contributed by atoms with Crippen molar-refractivity contribution in [2.24, 2.45) is 0 Å². The van der Waals surface area contributed by atoms with Crippen molar-refractivity contribution in [2.75, 3.05) is 26.2 Å². The highest BCUT2D eigenvalue weighted by Gasteiger charge is 2.24. The van der Waals surface area contributed by atoms with Crippen LogP contribution in [-0.4, -0.2) is 52.3 Å². The third-order valence-electron chi connectivity index (χ3n) is 6.16. The van der Waals surface area contributed by atoms with Crippen LogP contribution in [0.15, 0.2) is 54.9 Å². The maximum absolute atomic E-state index is 13.4. The molecule has 0 unspecified atom stereocenters. The van der Waals surface area contributed by atoms with Gasteiger partial charge in [0, 0.05) is 40.7 Å². The topological polar surface area (TPSA) is 64.3 Å². The van der Waals surface area contributed by atoms with Gasteiger partial charge in [0.05, 0.1) is 0 Å². The monoisotopic (exact) mass is 407 g/mol. The largest absolute Gasteiger partial charge is 0.490 e. The fourth-order valence-corrected chi connectivity index (χ4v) is 4.60. The summed E-state index contributed by atoms with van der Waals surface area (Å²) in [5.41, 5.74) is 3.16. The third-order valence-corrected chi connectivity index (χ3v) is 6.16. The number of rotatable bonds is 6. The number of ether oxygens (including phenoxy) is 1. The first-order valence-corrected chi connectivity index (χ1v) is 10.5. The Morgan fingerprint density at radius 1 is 1.07 bits per heavy atom. The Balaban J connectivity index is 1.14. The number of β-amino-alcohol motifs (C(OH)–C–C–N with tert-alkyl or cyclic N) is 1. The minimum absolute atomic E-state index is 0.213. The number of aromatic nitrogens is 2. The van der Waals surface area contributed by atoms with Crippen LogP contribution in [0.4, 0.5) is 4.39 Å². The molecule has 0 saturated carbocycles. The predicted molar refractivity (Wildman–Crippen MR) is 116 cm³/mol. The van der Waals surface area contributed by atoms with Crippen molar-refractivity contribution in [1.82, 2.24) is 14.9 Å². The lowest BCUT2D eigenvalue weighted by Crippen LogP contribution is -2.40. The van der Waals surface area contributed by atoms with Crippen molar-refractivity contribution in [1.29, 1.82) is 0 Å². The number of halogens is 1. The van der Waals surface area contributed by atoms with E-state index in [4.69, 9.17) is 4.74 Å². The van der Waals surface area contributed by atoms with Crippen molar-refractivity contribution < 1.29 is 14.2 Å². The highest BCUT2D eigenvalue weighted by molar-refractivity contribution is 5.85. The summed E-state index contributed by atoms with van der Waals surface area (Å²) in [6, 6.07) is 12.8. The molecule has 1 aliphatic heterocycles. The smallest absolute Gasteiger partial charge is 0.128 e. The van der Waals surface area contributed by atoms with Crippen LogP contribution in [0, 0.1) is 5.82 Å². The van der Waals surface area contributed by atoms with Gasteiger partial charge in [-0.05, 0) is 73.8 Å². The average Bonchev–Trinajstić information content (AvgIpc) is 3.39. The molecule has 6 heteroatoms. The van der Waals surface area contributed by atoms with Gasteiger partial charge in [-0.25, -0.2) is 4.39 Å². The van der Waals surface area contributed by atoms with Gasteiger partial charge in [0.15, 0.2) is 0 Å². The van der Waals surface area contributed by atoms with E-state index < -0.39 is 6.10 Å². The molecule has 0 bridgehead atoms. The molecule has 0 aliphatic carbocycles. The second kappa shape index (κ2) is 8.13. The molecule has 3 N–H and O–H groups in total. The summed E-state index contributed by atoms with van der Waals surface area (Å²) in [4.78, 5) is 8.67. The van der Waals surface area contributed by atoms with E-state index >= 15 is 0 Å². The Kier molecular flexibility index (Phi) is 5.19. The van der Waals surface area contributed by atoms with Crippen LogP contribution < -0.4 is 4.74 Å². The Labute approximate surface area is 174 Å². The van der Waals surface area contributed by atoms with E-state index in [2.05, 4.69) is 14.9 Å². The van der Waals surface area contributed by atoms with Crippen molar-refractivity contribution >= 4 is 21.8 Å². The summed E-state index contributed by atoms with van der Waals surface area (Å²) in [5, 5.41) is 12.6. The van der Waals surface area contributed by atoms with Crippen LogP contribution >= 0.6 is 0 Å². The minimum atomic E-state index is -0.535. The van der Waals surface area contributed by atoms with Gasteiger partial charge in [0.2, 0.25) is 0 Å². The summed E-state index contributed by atoms with van der Waals surface area (Å²) < 4.78 is 19.3. The Bertz CT molecular complexity index is 1140. The number of hydrogen-bond acceptors (Lipinski definition) is 3. The molecule has 5 rings (SSSR count). The van der Waals surface area contributed by atoms with E-state index in [0.29, 0.717) is 12.5 Å². The summed E-state index contributed by atoms with van der Waals surface area (Å²) in [5.74, 6) is 1.04. The number of H-pyrrole nitrogens is 2. The Morgan fingerprint density at radius 2 is 1.93 bits per heavy atom. The molecule has 1 fully saturated rings. The number of likely N-dealkylation sites (tertiary alicyclic amines) is 1. The summed E-state index contributed by atoms with van der Waals surface area (Å²) in [6.07, 6.45) is 5.44. The molecule has 5 nitrogen and oxygen atoms in total. The first kappa shape index (κ1) is 19.2. The van der Waals surface area contributed by atoms with Gasteiger partial charge in [0.25, 0.3) is 0 Å². The lowest BCUT2D eigenvalue weighted by atomic mass is 9.89. The number of aromatic amines is 2. The van der Waals surface area contributed by atoms with E-state index in [-0.39, 0.29) is 12.4 Å². The lowest BCUT2D eigenvalue weighted by Gasteiger charge is -2.33. The second-order valence-electron chi connectivity index (χ2n) is 8.17. The van der Waals surface area contributed by atoms with Gasteiger partial charge >= 0.3 is 0 Å². The molecule has 1 atom stereocenters. The molecule has 0 spiro atoms. The molecule has 0 radical (unpaired) electrons. The van der Waals surface area contributed by atoms with Crippen LogP contribution in [0.3, 0.4) is 0 Å². The third kappa shape index (κ3) is 3.80. The molecule has 30 heavy (non-hydrogen) atoms. The van der Waals surface area contributed by atoms with Crippen molar-refractivity contribution in [3.8, 4) is 5.75 Å². The van der Waals surface area contributed by atoms with Gasteiger partial charge < -0.3 is 24.7 Å². The first-order chi connectivity index (χ1) is 14.7. The van der Waals surface area contributed by atoms with Gasteiger partial charge in [0.1, 0.15) is 24.3 Å². The Hall–Kier alpha value is -2.83.